The van der Waals surface area contributed by atoms with Gasteiger partial charge in [0, 0.05) is 27.0 Å². The van der Waals surface area contributed by atoms with E-state index in [-0.39, 0.29) is 11.7 Å². The Labute approximate surface area is 212 Å². The molecular weight excluding hydrogens is 491 g/mol. The number of hydrogen-bond donors (Lipinski definition) is 1. The molecule has 0 saturated heterocycles. The Morgan fingerprint density at radius 1 is 1.03 bits per heavy atom. The normalized spacial score (nSPS) is 10.8. The molecule has 0 saturated carbocycles. The van der Waals surface area contributed by atoms with E-state index >= 15 is 0 Å². The van der Waals surface area contributed by atoms with Gasteiger partial charge in [0.05, 0.1) is 12.4 Å². The number of carbonyl (C=O) groups excluding carboxylic acids is 1. The first kappa shape index (κ1) is 24.1. The zero-order chi connectivity index (χ0) is 24.1. The number of ether oxygens (including phenoxy) is 1. The smallest absolute Gasteiger partial charge is 0.234 e. The highest BCUT2D eigenvalue weighted by Crippen LogP contribution is 2.30. The summed E-state index contributed by atoms with van der Waals surface area (Å²) in [5.74, 6) is 1.41. The standard InChI is InChI=1S/C25H22Cl2N4O2S/c1-3-33-21-12-10-20(11-13-21)31-24(17-5-7-18(26)8-6-17)29-30-25(31)34-15-23(32)28-19-9-4-16(2)22(27)14-19/h4-14H,3,15H2,1-2H3,(H,28,32). The largest absolute Gasteiger partial charge is 0.494 e. The Morgan fingerprint density at radius 2 is 1.76 bits per heavy atom. The summed E-state index contributed by atoms with van der Waals surface area (Å²) in [6, 6.07) is 20.5. The summed E-state index contributed by atoms with van der Waals surface area (Å²) in [5, 5.41) is 13.5. The summed E-state index contributed by atoms with van der Waals surface area (Å²) in [5.41, 5.74) is 3.31. The Bertz CT molecular complexity index is 1290. The van der Waals surface area contributed by atoms with E-state index in [0.717, 1.165) is 22.6 Å². The average Bonchev–Trinajstić information content (AvgIpc) is 3.25. The minimum atomic E-state index is -0.167. The molecule has 174 valence electrons. The number of benzene rings is 3. The van der Waals surface area contributed by atoms with Crippen molar-refractivity contribution in [3.63, 3.8) is 0 Å². The van der Waals surface area contributed by atoms with Crippen molar-refractivity contribution < 1.29 is 9.53 Å². The summed E-state index contributed by atoms with van der Waals surface area (Å²) < 4.78 is 7.48. The molecule has 0 aliphatic heterocycles. The van der Waals surface area contributed by atoms with Gasteiger partial charge in [-0.3, -0.25) is 9.36 Å². The van der Waals surface area contributed by atoms with Gasteiger partial charge in [0.1, 0.15) is 5.75 Å². The van der Waals surface area contributed by atoms with Crippen LogP contribution < -0.4 is 10.1 Å². The fourth-order valence-corrected chi connectivity index (χ4v) is 4.30. The molecule has 34 heavy (non-hydrogen) atoms. The van der Waals surface area contributed by atoms with Crippen molar-refractivity contribution in [2.75, 3.05) is 17.7 Å². The van der Waals surface area contributed by atoms with E-state index < -0.39 is 0 Å². The fraction of sp³-hybridized carbons (Fsp3) is 0.160. The lowest BCUT2D eigenvalue weighted by atomic mass is 10.2. The molecule has 0 atom stereocenters. The third-order valence-electron chi connectivity index (χ3n) is 4.93. The number of nitrogens with zero attached hydrogens (tertiary/aromatic N) is 3. The predicted octanol–water partition coefficient (Wildman–Crippen LogP) is 6.68. The Kier molecular flexibility index (Phi) is 7.77. The van der Waals surface area contributed by atoms with Crippen LogP contribution in [0.2, 0.25) is 10.0 Å². The first-order chi connectivity index (χ1) is 16.4. The molecule has 1 N–H and O–H groups in total. The van der Waals surface area contributed by atoms with Gasteiger partial charge in [-0.2, -0.15) is 0 Å². The monoisotopic (exact) mass is 512 g/mol. The molecule has 1 aromatic heterocycles. The second-order valence-corrected chi connectivity index (χ2v) is 9.16. The zero-order valence-electron chi connectivity index (χ0n) is 18.6. The third kappa shape index (κ3) is 5.73. The number of hydrogen-bond acceptors (Lipinski definition) is 5. The van der Waals surface area contributed by atoms with Crippen molar-refractivity contribution in [3.05, 3.63) is 82.3 Å². The molecule has 6 nitrogen and oxygen atoms in total. The fourth-order valence-electron chi connectivity index (χ4n) is 3.24. The average molecular weight is 513 g/mol. The summed E-state index contributed by atoms with van der Waals surface area (Å²) >= 11 is 13.5. The van der Waals surface area contributed by atoms with Crippen molar-refractivity contribution in [3.8, 4) is 22.8 Å². The van der Waals surface area contributed by atoms with E-state index in [1.54, 1.807) is 18.2 Å². The van der Waals surface area contributed by atoms with Crippen molar-refractivity contribution >= 4 is 46.6 Å². The molecule has 4 rings (SSSR count). The van der Waals surface area contributed by atoms with Crippen molar-refractivity contribution in [2.45, 2.75) is 19.0 Å². The highest BCUT2D eigenvalue weighted by atomic mass is 35.5. The Morgan fingerprint density at radius 3 is 2.44 bits per heavy atom. The number of carbonyl (C=O) groups is 1. The summed E-state index contributed by atoms with van der Waals surface area (Å²) in [6.45, 7) is 4.44. The quantitative estimate of drug-likeness (QED) is 0.266. The van der Waals surface area contributed by atoms with Gasteiger partial charge >= 0.3 is 0 Å². The maximum absolute atomic E-state index is 12.6. The van der Waals surface area contributed by atoms with Gasteiger partial charge in [-0.05, 0) is 80.1 Å². The van der Waals surface area contributed by atoms with Crippen LogP contribution >= 0.6 is 35.0 Å². The first-order valence-corrected chi connectivity index (χ1v) is 12.3. The molecule has 9 heteroatoms. The van der Waals surface area contributed by atoms with Crippen LogP contribution in [0.25, 0.3) is 17.1 Å². The molecule has 0 aliphatic rings. The van der Waals surface area contributed by atoms with Gasteiger partial charge in [-0.25, -0.2) is 0 Å². The summed E-state index contributed by atoms with van der Waals surface area (Å²) in [7, 11) is 0. The predicted molar refractivity (Wildman–Crippen MR) is 139 cm³/mol. The molecule has 0 unspecified atom stereocenters. The highest BCUT2D eigenvalue weighted by Gasteiger charge is 2.18. The highest BCUT2D eigenvalue weighted by molar-refractivity contribution is 7.99. The summed E-state index contributed by atoms with van der Waals surface area (Å²) in [4.78, 5) is 12.6. The third-order valence-corrected chi connectivity index (χ3v) is 6.52. The maximum Gasteiger partial charge on any atom is 0.234 e. The lowest BCUT2D eigenvalue weighted by Crippen LogP contribution is -2.14. The second kappa shape index (κ2) is 11.0. The zero-order valence-corrected chi connectivity index (χ0v) is 20.9. The Balaban J connectivity index is 1.59. The molecule has 1 amide bonds. The van der Waals surface area contributed by atoms with Crippen LogP contribution in [0.15, 0.2) is 71.9 Å². The molecule has 0 spiro atoms. The van der Waals surface area contributed by atoms with Gasteiger partial charge in [-0.15, -0.1) is 10.2 Å². The molecule has 3 aromatic carbocycles. The van der Waals surface area contributed by atoms with Gasteiger partial charge in [-0.1, -0.05) is 41.0 Å². The van der Waals surface area contributed by atoms with E-state index in [2.05, 4.69) is 15.5 Å². The lowest BCUT2D eigenvalue weighted by Gasteiger charge is -2.12. The van der Waals surface area contributed by atoms with Crippen LogP contribution in [0.4, 0.5) is 5.69 Å². The molecule has 1 heterocycles. The number of rotatable bonds is 8. The number of thioether (sulfide) groups is 1. The number of aryl methyl sites for hydroxylation is 1. The van der Waals surface area contributed by atoms with Gasteiger partial charge in [0.25, 0.3) is 0 Å². The molecule has 0 fully saturated rings. The van der Waals surface area contributed by atoms with E-state index in [0.29, 0.717) is 33.3 Å². The van der Waals surface area contributed by atoms with Crippen molar-refractivity contribution in [2.24, 2.45) is 0 Å². The number of aromatic nitrogens is 3. The molecule has 4 aromatic rings. The van der Waals surface area contributed by atoms with E-state index in [9.17, 15) is 4.79 Å². The van der Waals surface area contributed by atoms with Crippen LogP contribution in [-0.4, -0.2) is 33.0 Å². The lowest BCUT2D eigenvalue weighted by molar-refractivity contribution is -0.113. The molecule has 0 aliphatic carbocycles. The van der Waals surface area contributed by atoms with E-state index in [1.165, 1.54) is 11.8 Å². The molecule has 0 bridgehead atoms. The van der Waals surface area contributed by atoms with Crippen molar-refractivity contribution in [1.82, 2.24) is 14.8 Å². The van der Waals surface area contributed by atoms with Gasteiger partial charge < -0.3 is 10.1 Å². The van der Waals surface area contributed by atoms with E-state index in [1.807, 2.05) is 66.9 Å². The number of halogens is 2. The van der Waals surface area contributed by atoms with Crippen LogP contribution in [0, 0.1) is 6.92 Å². The SMILES string of the molecule is CCOc1ccc(-n2c(SCC(=O)Nc3ccc(C)c(Cl)c3)nnc2-c2ccc(Cl)cc2)cc1. The maximum atomic E-state index is 12.6. The number of nitrogens with one attached hydrogen (secondary N) is 1. The number of anilines is 1. The first-order valence-electron chi connectivity index (χ1n) is 10.6. The van der Waals surface area contributed by atoms with Gasteiger partial charge in [0.2, 0.25) is 5.91 Å². The summed E-state index contributed by atoms with van der Waals surface area (Å²) in [6.07, 6.45) is 0. The molecule has 0 radical (unpaired) electrons. The second-order valence-electron chi connectivity index (χ2n) is 7.38. The van der Waals surface area contributed by atoms with E-state index in [4.69, 9.17) is 27.9 Å². The number of amides is 1. The van der Waals surface area contributed by atoms with Crippen LogP contribution in [-0.2, 0) is 4.79 Å². The van der Waals surface area contributed by atoms with Crippen molar-refractivity contribution in [1.29, 1.82) is 0 Å². The topological polar surface area (TPSA) is 69.0 Å². The van der Waals surface area contributed by atoms with Gasteiger partial charge in [0.15, 0.2) is 11.0 Å². The van der Waals surface area contributed by atoms with Crippen LogP contribution in [0.3, 0.4) is 0 Å². The van der Waals surface area contributed by atoms with Crippen LogP contribution in [0.1, 0.15) is 12.5 Å². The van der Waals surface area contributed by atoms with Crippen LogP contribution in [0.5, 0.6) is 5.75 Å². The minimum Gasteiger partial charge on any atom is -0.494 e. The molecular formula is C25H22Cl2N4O2S. The minimum absolute atomic E-state index is 0.154. The Hall–Kier alpha value is -3.00.